The summed E-state index contributed by atoms with van der Waals surface area (Å²) in [7, 11) is 3.15. The minimum atomic E-state index is -0.593. The second-order valence-corrected chi connectivity index (χ2v) is 8.20. The Hall–Kier alpha value is -1.89. The molecule has 0 spiro atoms. The average molecular weight is 455 g/mol. The Morgan fingerprint density at radius 1 is 1.14 bits per heavy atom. The van der Waals surface area contributed by atoms with E-state index in [1.807, 2.05) is 30.3 Å². The number of amides is 2. The molecule has 0 radical (unpaired) electrons. The largest absolute Gasteiger partial charge is 0.497 e. The van der Waals surface area contributed by atoms with E-state index in [4.69, 9.17) is 27.9 Å². The van der Waals surface area contributed by atoms with Crippen molar-refractivity contribution in [3.05, 3.63) is 63.6 Å². The Labute approximate surface area is 185 Å². The van der Waals surface area contributed by atoms with Crippen molar-refractivity contribution in [3.63, 3.8) is 0 Å². The number of methoxy groups -OCH3 is 1. The van der Waals surface area contributed by atoms with Gasteiger partial charge in [-0.25, -0.2) is 0 Å². The highest BCUT2D eigenvalue weighted by Crippen LogP contribution is 2.25. The second-order valence-electron chi connectivity index (χ2n) is 6.40. The van der Waals surface area contributed by atoms with E-state index in [-0.39, 0.29) is 17.6 Å². The molecule has 0 heterocycles. The van der Waals surface area contributed by atoms with E-state index >= 15 is 0 Å². The Morgan fingerprint density at radius 3 is 2.55 bits per heavy atom. The fraction of sp³-hybridized carbons (Fsp3) is 0.333. The molecule has 0 bridgehead atoms. The first kappa shape index (κ1) is 23.4. The topological polar surface area (TPSA) is 58.6 Å². The van der Waals surface area contributed by atoms with E-state index in [0.717, 1.165) is 11.1 Å². The first-order chi connectivity index (χ1) is 13.8. The first-order valence-corrected chi connectivity index (χ1v) is 10.9. The lowest BCUT2D eigenvalue weighted by molar-refractivity contribution is -0.138. The van der Waals surface area contributed by atoms with Gasteiger partial charge in [0.25, 0.3) is 0 Å². The summed E-state index contributed by atoms with van der Waals surface area (Å²) < 4.78 is 5.25. The summed E-state index contributed by atoms with van der Waals surface area (Å²) in [5.41, 5.74) is 1.87. The number of ether oxygens (including phenoxy) is 1. The number of rotatable bonds is 9. The van der Waals surface area contributed by atoms with Crippen LogP contribution in [-0.2, 0) is 21.9 Å². The first-order valence-electron chi connectivity index (χ1n) is 9.01. The third-order valence-corrected chi connectivity index (χ3v) is 6.11. The summed E-state index contributed by atoms with van der Waals surface area (Å²) in [6, 6.07) is 12.3. The van der Waals surface area contributed by atoms with Gasteiger partial charge in [0.1, 0.15) is 11.8 Å². The van der Waals surface area contributed by atoms with Crippen LogP contribution in [0.15, 0.2) is 42.5 Å². The van der Waals surface area contributed by atoms with Crippen molar-refractivity contribution in [2.24, 2.45) is 0 Å². The van der Waals surface area contributed by atoms with E-state index in [1.165, 1.54) is 11.8 Å². The van der Waals surface area contributed by atoms with Crippen LogP contribution >= 0.6 is 35.0 Å². The molecule has 0 aliphatic carbocycles. The van der Waals surface area contributed by atoms with Crippen LogP contribution in [0, 0.1) is 0 Å². The number of likely N-dealkylation sites (N-methyl/N-ethyl adjacent to an activating group) is 1. The molecule has 2 amide bonds. The zero-order valence-electron chi connectivity index (χ0n) is 16.6. The monoisotopic (exact) mass is 454 g/mol. The molecule has 2 aromatic carbocycles. The van der Waals surface area contributed by atoms with Crippen molar-refractivity contribution in [3.8, 4) is 5.75 Å². The number of hydrogen-bond donors (Lipinski definition) is 1. The van der Waals surface area contributed by atoms with E-state index in [2.05, 4.69) is 5.32 Å². The van der Waals surface area contributed by atoms with Gasteiger partial charge in [-0.3, -0.25) is 9.59 Å². The fourth-order valence-electron chi connectivity index (χ4n) is 2.73. The van der Waals surface area contributed by atoms with Gasteiger partial charge in [0.15, 0.2) is 0 Å². The number of halogens is 2. The molecule has 29 heavy (non-hydrogen) atoms. The predicted octanol–water partition coefficient (Wildman–Crippen LogP) is 4.40. The zero-order valence-corrected chi connectivity index (χ0v) is 18.9. The molecule has 2 rings (SSSR count). The maximum absolute atomic E-state index is 12.9. The highest BCUT2D eigenvalue weighted by atomic mass is 35.5. The minimum absolute atomic E-state index is 0.117. The Balaban J connectivity index is 2.06. The lowest BCUT2D eigenvalue weighted by atomic mass is 10.1. The van der Waals surface area contributed by atoms with Gasteiger partial charge >= 0.3 is 0 Å². The standard InChI is InChI=1S/C21H24Cl2N2O3S/c1-14(21(27)24-2)25(11-15-5-4-6-17(9-15)28-3)20(26)13-29-12-16-7-8-18(22)19(23)10-16/h4-10,14H,11-13H2,1-3H3,(H,24,27)/t14-/m0/s1. The molecule has 2 aromatic rings. The number of nitrogens with zero attached hydrogens (tertiary/aromatic N) is 1. The molecule has 0 aliphatic heterocycles. The van der Waals surface area contributed by atoms with Gasteiger partial charge in [0.2, 0.25) is 11.8 Å². The highest BCUT2D eigenvalue weighted by molar-refractivity contribution is 7.99. The number of hydrogen-bond acceptors (Lipinski definition) is 4. The number of thioether (sulfide) groups is 1. The highest BCUT2D eigenvalue weighted by Gasteiger charge is 2.25. The Morgan fingerprint density at radius 2 is 1.90 bits per heavy atom. The van der Waals surface area contributed by atoms with Gasteiger partial charge in [-0.1, -0.05) is 41.4 Å². The van der Waals surface area contributed by atoms with E-state index in [0.29, 0.717) is 28.1 Å². The molecule has 0 saturated carbocycles. The van der Waals surface area contributed by atoms with Crippen LogP contribution < -0.4 is 10.1 Å². The second kappa shape index (κ2) is 11.3. The lowest BCUT2D eigenvalue weighted by Gasteiger charge is -2.28. The van der Waals surface area contributed by atoms with E-state index in [9.17, 15) is 9.59 Å². The number of benzene rings is 2. The van der Waals surface area contributed by atoms with Crippen molar-refractivity contribution in [1.29, 1.82) is 0 Å². The van der Waals surface area contributed by atoms with Crippen LogP contribution in [0.2, 0.25) is 10.0 Å². The summed E-state index contributed by atoms with van der Waals surface area (Å²) in [6.07, 6.45) is 0. The number of nitrogens with one attached hydrogen (secondary N) is 1. The molecular formula is C21H24Cl2N2O3S. The van der Waals surface area contributed by atoms with Crippen molar-refractivity contribution in [2.75, 3.05) is 19.9 Å². The number of carbonyl (C=O) groups excluding carboxylic acids is 2. The van der Waals surface area contributed by atoms with Crippen LogP contribution in [-0.4, -0.2) is 42.7 Å². The predicted molar refractivity (Wildman–Crippen MR) is 120 cm³/mol. The normalized spacial score (nSPS) is 11.6. The summed E-state index contributed by atoms with van der Waals surface area (Å²) in [4.78, 5) is 26.7. The SMILES string of the molecule is CNC(=O)[C@H](C)N(Cc1cccc(OC)c1)C(=O)CSCc1ccc(Cl)c(Cl)c1. The van der Waals surface area contributed by atoms with Gasteiger partial charge in [-0.15, -0.1) is 11.8 Å². The lowest BCUT2D eigenvalue weighted by Crippen LogP contribution is -2.47. The molecule has 0 aromatic heterocycles. The van der Waals surface area contributed by atoms with Crippen molar-refractivity contribution in [1.82, 2.24) is 10.2 Å². The Bertz CT molecular complexity index is 864. The molecule has 5 nitrogen and oxygen atoms in total. The molecule has 1 atom stereocenters. The third-order valence-electron chi connectivity index (χ3n) is 4.38. The Kier molecular flexibility index (Phi) is 9.14. The minimum Gasteiger partial charge on any atom is -0.497 e. The van der Waals surface area contributed by atoms with E-state index < -0.39 is 6.04 Å². The van der Waals surface area contributed by atoms with Crippen LogP contribution in [0.4, 0.5) is 0 Å². The van der Waals surface area contributed by atoms with Gasteiger partial charge < -0.3 is 15.0 Å². The maximum atomic E-state index is 12.9. The van der Waals surface area contributed by atoms with E-state index in [1.54, 1.807) is 38.1 Å². The summed E-state index contributed by atoms with van der Waals surface area (Å²) >= 11 is 13.4. The van der Waals surface area contributed by atoms with Gasteiger partial charge in [0, 0.05) is 19.3 Å². The maximum Gasteiger partial charge on any atom is 0.242 e. The van der Waals surface area contributed by atoms with Crippen molar-refractivity contribution in [2.45, 2.75) is 25.3 Å². The smallest absolute Gasteiger partial charge is 0.242 e. The van der Waals surface area contributed by atoms with Crippen molar-refractivity contribution < 1.29 is 14.3 Å². The zero-order chi connectivity index (χ0) is 21.4. The molecule has 0 unspecified atom stereocenters. The molecule has 0 fully saturated rings. The molecular weight excluding hydrogens is 431 g/mol. The average Bonchev–Trinajstić information content (AvgIpc) is 2.73. The van der Waals surface area contributed by atoms with Gasteiger partial charge in [0.05, 0.1) is 22.9 Å². The van der Waals surface area contributed by atoms with Gasteiger partial charge in [-0.05, 0) is 42.3 Å². The summed E-state index contributed by atoms with van der Waals surface area (Å²) in [5, 5.41) is 3.60. The fourth-order valence-corrected chi connectivity index (χ4v) is 3.91. The van der Waals surface area contributed by atoms with Crippen LogP contribution in [0.5, 0.6) is 5.75 Å². The number of carbonyl (C=O) groups is 2. The molecule has 156 valence electrons. The molecule has 0 aliphatic rings. The molecule has 1 N–H and O–H groups in total. The quantitative estimate of drug-likeness (QED) is 0.609. The third kappa shape index (κ3) is 6.84. The van der Waals surface area contributed by atoms with Crippen LogP contribution in [0.1, 0.15) is 18.1 Å². The van der Waals surface area contributed by atoms with Crippen molar-refractivity contribution >= 4 is 46.8 Å². The van der Waals surface area contributed by atoms with Crippen LogP contribution in [0.3, 0.4) is 0 Å². The molecule has 8 heteroatoms. The molecule has 0 saturated heterocycles. The summed E-state index contributed by atoms with van der Waals surface area (Å²) in [5.74, 6) is 1.23. The summed E-state index contributed by atoms with van der Waals surface area (Å²) in [6.45, 7) is 2.04. The van der Waals surface area contributed by atoms with Gasteiger partial charge in [-0.2, -0.15) is 0 Å². The van der Waals surface area contributed by atoms with Crippen LogP contribution in [0.25, 0.3) is 0 Å².